The van der Waals surface area contributed by atoms with Crippen molar-refractivity contribution >= 4 is 45.5 Å². The van der Waals surface area contributed by atoms with Crippen LogP contribution in [0.2, 0.25) is 0 Å². The number of amides is 1. The van der Waals surface area contributed by atoms with Crippen LogP contribution < -0.4 is 5.32 Å². The topological polar surface area (TPSA) is 83.6 Å². The van der Waals surface area contributed by atoms with E-state index in [1.165, 1.54) is 16.9 Å². The molecule has 9 heteroatoms. The molecule has 0 aliphatic rings. The van der Waals surface area contributed by atoms with E-state index in [0.29, 0.717) is 10.8 Å². The largest absolute Gasteiger partial charge is 0.295 e. The Balaban J connectivity index is 1.37. The van der Waals surface area contributed by atoms with E-state index in [-0.39, 0.29) is 5.91 Å². The second-order valence-electron chi connectivity index (χ2n) is 5.25. The first-order valence-corrected chi connectivity index (χ1v) is 10.4. The number of anilines is 1. The lowest BCUT2D eigenvalue weighted by atomic mass is 10.2. The molecule has 1 amide bonds. The summed E-state index contributed by atoms with van der Waals surface area (Å²) in [6.45, 7) is 0. The van der Waals surface area contributed by atoms with Gasteiger partial charge < -0.3 is 0 Å². The lowest BCUT2D eigenvalue weighted by Gasteiger charge is -1.97. The zero-order chi connectivity index (χ0) is 17.8. The van der Waals surface area contributed by atoms with Crippen molar-refractivity contribution in [2.45, 2.75) is 10.1 Å². The predicted molar refractivity (Wildman–Crippen MR) is 106 cm³/mol. The summed E-state index contributed by atoms with van der Waals surface area (Å²) in [4.78, 5) is 13.4. The summed E-state index contributed by atoms with van der Waals surface area (Å²) in [5, 5.41) is 20.3. The quantitative estimate of drug-likeness (QED) is 0.367. The fourth-order valence-corrected chi connectivity index (χ4v) is 4.59. The summed E-state index contributed by atoms with van der Waals surface area (Å²) in [6, 6.07) is 15.8. The Labute approximate surface area is 161 Å². The molecule has 4 aromatic rings. The molecule has 0 atom stereocenters. The molecule has 0 unspecified atom stereocenters. The van der Waals surface area contributed by atoms with Crippen molar-refractivity contribution in [1.82, 2.24) is 20.4 Å². The molecule has 4 rings (SSSR count). The second kappa shape index (κ2) is 7.81. The maximum atomic E-state index is 12.3. The molecule has 0 fully saturated rings. The van der Waals surface area contributed by atoms with Crippen molar-refractivity contribution in [3.05, 3.63) is 65.2 Å². The monoisotopic (exact) mass is 399 g/mol. The maximum absolute atomic E-state index is 12.3. The number of aromatic nitrogens is 4. The summed E-state index contributed by atoms with van der Waals surface area (Å²) in [5.41, 5.74) is 2.36. The summed E-state index contributed by atoms with van der Waals surface area (Å²) in [7, 11) is 0. The van der Waals surface area contributed by atoms with Gasteiger partial charge in [0.05, 0.1) is 10.6 Å². The highest BCUT2D eigenvalue weighted by Crippen LogP contribution is 2.28. The number of hydrogen-bond donors (Lipinski definition) is 2. The Morgan fingerprint density at radius 1 is 1.15 bits per heavy atom. The van der Waals surface area contributed by atoms with E-state index in [2.05, 4.69) is 37.8 Å². The highest BCUT2D eigenvalue weighted by Gasteiger charge is 2.14. The summed E-state index contributed by atoms with van der Waals surface area (Å²) in [5.74, 6) is 0.507. The molecule has 0 bridgehead atoms. The van der Waals surface area contributed by atoms with E-state index in [1.807, 2.05) is 35.7 Å². The third kappa shape index (κ3) is 4.01. The number of carbonyl (C=O) groups is 1. The number of nitrogens with zero attached hydrogens (tertiary/aromatic N) is 3. The summed E-state index contributed by atoms with van der Waals surface area (Å²) >= 11 is 4.53. The lowest BCUT2D eigenvalue weighted by molar-refractivity contribution is 0.102. The van der Waals surface area contributed by atoms with Gasteiger partial charge in [0, 0.05) is 5.75 Å². The van der Waals surface area contributed by atoms with Crippen molar-refractivity contribution in [3.8, 4) is 10.6 Å². The first kappa shape index (κ1) is 17.0. The number of rotatable bonds is 6. The molecule has 26 heavy (non-hydrogen) atoms. The van der Waals surface area contributed by atoms with Crippen LogP contribution in [0.4, 0.5) is 5.13 Å². The normalized spacial score (nSPS) is 10.8. The maximum Gasteiger partial charge on any atom is 0.277 e. The van der Waals surface area contributed by atoms with Gasteiger partial charge in [-0.05, 0) is 23.1 Å². The molecule has 0 radical (unpaired) electrons. The first-order chi connectivity index (χ1) is 12.8. The number of carbonyl (C=O) groups excluding carboxylic acids is 1. The van der Waals surface area contributed by atoms with Gasteiger partial charge in [-0.1, -0.05) is 59.5 Å². The van der Waals surface area contributed by atoms with Crippen LogP contribution in [-0.2, 0) is 5.75 Å². The van der Waals surface area contributed by atoms with Crippen molar-refractivity contribution < 1.29 is 4.79 Å². The Morgan fingerprint density at radius 3 is 2.85 bits per heavy atom. The standard InChI is InChI=1S/C17H13N5OS3/c23-15(13-9-12(19-20-13)14-7-4-8-24-14)18-16-21-22-17(26-16)25-10-11-5-2-1-3-6-11/h1-9H,10H2,(H,19,20)(H,18,21,23). The molecule has 3 aromatic heterocycles. The molecule has 6 nitrogen and oxygen atoms in total. The summed E-state index contributed by atoms with van der Waals surface area (Å²) < 4.78 is 0.811. The number of thioether (sulfide) groups is 1. The minimum absolute atomic E-state index is 0.306. The highest BCUT2D eigenvalue weighted by molar-refractivity contribution is 8.00. The number of H-pyrrole nitrogens is 1. The minimum Gasteiger partial charge on any atom is -0.295 e. The van der Waals surface area contributed by atoms with E-state index in [0.717, 1.165) is 20.7 Å². The van der Waals surface area contributed by atoms with E-state index in [9.17, 15) is 4.79 Å². The van der Waals surface area contributed by atoms with Crippen molar-refractivity contribution in [2.75, 3.05) is 5.32 Å². The molecule has 3 heterocycles. The van der Waals surface area contributed by atoms with Gasteiger partial charge in [0.25, 0.3) is 5.91 Å². The molecule has 0 aliphatic heterocycles. The van der Waals surface area contributed by atoms with Gasteiger partial charge in [0.15, 0.2) is 10.0 Å². The van der Waals surface area contributed by atoms with Gasteiger partial charge in [-0.3, -0.25) is 15.2 Å². The number of hydrogen-bond acceptors (Lipinski definition) is 7. The van der Waals surface area contributed by atoms with E-state index in [1.54, 1.807) is 29.2 Å². The number of thiophene rings is 1. The van der Waals surface area contributed by atoms with Crippen LogP contribution in [-0.4, -0.2) is 26.3 Å². The third-order valence-electron chi connectivity index (χ3n) is 3.43. The average Bonchev–Trinajstić information content (AvgIpc) is 3.41. The first-order valence-electron chi connectivity index (χ1n) is 7.69. The van der Waals surface area contributed by atoms with Crippen LogP contribution in [0.25, 0.3) is 10.6 Å². The van der Waals surface area contributed by atoms with Gasteiger partial charge in [0.2, 0.25) is 5.13 Å². The lowest BCUT2D eigenvalue weighted by Crippen LogP contribution is -2.12. The Kier molecular flexibility index (Phi) is 5.09. The smallest absolute Gasteiger partial charge is 0.277 e. The van der Waals surface area contributed by atoms with Crippen LogP contribution in [0, 0.1) is 0 Å². The zero-order valence-electron chi connectivity index (χ0n) is 13.4. The van der Waals surface area contributed by atoms with E-state index < -0.39 is 0 Å². The van der Waals surface area contributed by atoms with Crippen LogP contribution in [0.1, 0.15) is 16.1 Å². The molecule has 0 saturated heterocycles. The van der Waals surface area contributed by atoms with Gasteiger partial charge in [-0.2, -0.15) is 5.10 Å². The summed E-state index contributed by atoms with van der Waals surface area (Å²) in [6.07, 6.45) is 0. The Morgan fingerprint density at radius 2 is 2.04 bits per heavy atom. The second-order valence-corrected chi connectivity index (χ2v) is 8.39. The molecule has 0 spiro atoms. The molecule has 1 aromatic carbocycles. The predicted octanol–water partition coefficient (Wildman–Crippen LogP) is 4.53. The van der Waals surface area contributed by atoms with Gasteiger partial charge in [-0.15, -0.1) is 21.5 Å². The van der Waals surface area contributed by atoms with Crippen molar-refractivity contribution in [1.29, 1.82) is 0 Å². The number of benzene rings is 1. The van der Waals surface area contributed by atoms with E-state index in [4.69, 9.17) is 0 Å². The van der Waals surface area contributed by atoms with Crippen LogP contribution in [0.15, 0.2) is 58.3 Å². The molecule has 0 saturated carbocycles. The third-order valence-corrected chi connectivity index (χ3v) is 6.38. The van der Waals surface area contributed by atoms with Crippen molar-refractivity contribution in [2.24, 2.45) is 0 Å². The Bertz CT molecular complexity index is 995. The Hall–Kier alpha value is -2.49. The van der Waals surface area contributed by atoms with Gasteiger partial charge >= 0.3 is 0 Å². The molecular formula is C17H13N5OS3. The highest BCUT2D eigenvalue weighted by atomic mass is 32.2. The fraction of sp³-hybridized carbons (Fsp3) is 0.0588. The minimum atomic E-state index is -0.306. The van der Waals surface area contributed by atoms with E-state index >= 15 is 0 Å². The molecule has 2 N–H and O–H groups in total. The molecule has 0 aliphatic carbocycles. The molecule has 130 valence electrons. The van der Waals surface area contributed by atoms with Crippen LogP contribution in [0.3, 0.4) is 0 Å². The average molecular weight is 400 g/mol. The van der Waals surface area contributed by atoms with Crippen LogP contribution in [0.5, 0.6) is 0 Å². The zero-order valence-corrected chi connectivity index (χ0v) is 15.8. The molecular weight excluding hydrogens is 386 g/mol. The fourth-order valence-electron chi connectivity index (χ4n) is 2.20. The van der Waals surface area contributed by atoms with Gasteiger partial charge in [-0.25, -0.2) is 0 Å². The number of aromatic amines is 1. The van der Waals surface area contributed by atoms with Crippen LogP contribution >= 0.6 is 34.4 Å². The van der Waals surface area contributed by atoms with Gasteiger partial charge in [0.1, 0.15) is 0 Å². The number of nitrogens with one attached hydrogen (secondary N) is 2. The van der Waals surface area contributed by atoms with Crippen molar-refractivity contribution in [3.63, 3.8) is 0 Å². The SMILES string of the molecule is O=C(Nc1nnc(SCc2ccccc2)s1)c1cc(-c2cccs2)[nH]n1.